The third-order valence-corrected chi connectivity index (χ3v) is 4.33. The summed E-state index contributed by atoms with van der Waals surface area (Å²) < 4.78 is 43.7. The Morgan fingerprint density at radius 3 is 2.52 bits per heavy atom. The van der Waals surface area contributed by atoms with Crippen LogP contribution < -0.4 is 4.74 Å². The van der Waals surface area contributed by atoms with Gasteiger partial charge in [-0.15, -0.1) is 23.4 Å². The number of thioether (sulfide) groups is 1. The van der Waals surface area contributed by atoms with E-state index < -0.39 is 6.36 Å². The Morgan fingerprint density at radius 1 is 1.07 bits per heavy atom. The van der Waals surface area contributed by atoms with Crippen LogP contribution in [-0.4, -0.2) is 46.8 Å². The molecule has 0 aliphatic rings. The molecule has 0 bridgehead atoms. The monoisotopic (exact) mass is 400 g/mol. The van der Waals surface area contributed by atoms with Crippen LogP contribution in [0.2, 0.25) is 0 Å². The second kappa shape index (κ2) is 8.33. The van der Waals surface area contributed by atoms with Gasteiger partial charge in [-0.1, -0.05) is 25.1 Å². The van der Waals surface area contributed by atoms with Gasteiger partial charge in [0.15, 0.2) is 5.82 Å². The van der Waals surface area contributed by atoms with Gasteiger partial charge in [-0.05, 0) is 51.5 Å². The fraction of sp³-hybridized carbons (Fsp3) is 0.429. The van der Waals surface area contributed by atoms with Crippen molar-refractivity contribution in [2.45, 2.75) is 43.6 Å². The third-order valence-electron chi connectivity index (χ3n) is 3.42. The van der Waals surface area contributed by atoms with E-state index in [1.54, 1.807) is 4.68 Å². The molecular formula is C14H15F3N8OS. The van der Waals surface area contributed by atoms with Crippen LogP contribution in [0.5, 0.6) is 5.75 Å². The largest absolute Gasteiger partial charge is 0.573 e. The summed E-state index contributed by atoms with van der Waals surface area (Å²) >= 11 is 1.32. The first-order valence-corrected chi connectivity index (χ1v) is 8.97. The molecule has 0 aliphatic carbocycles. The van der Waals surface area contributed by atoms with E-state index in [9.17, 15) is 13.2 Å². The summed E-state index contributed by atoms with van der Waals surface area (Å²) in [5.74, 6) is 0.826. The Morgan fingerprint density at radius 2 is 1.81 bits per heavy atom. The van der Waals surface area contributed by atoms with Crippen LogP contribution >= 0.6 is 11.8 Å². The highest BCUT2D eigenvalue weighted by molar-refractivity contribution is 7.98. The fourth-order valence-electron chi connectivity index (χ4n) is 2.16. The number of hydrogen-bond donors (Lipinski definition) is 0. The Kier molecular flexibility index (Phi) is 5.88. The van der Waals surface area contributed by atoms with Gasteiger partial charge in [-0.2, -0.15) is 4.68 Å². The highest BCUT2D eigenvalue weighted by Gasteiger charge is 2.31. The van der Waals surface area contributed by atoms with Crippen molar-refractivity contribution in [1.82, 2.24) is 40.4 Å². The van der Waals surface area contributed by atoms with Gasteiger partial charge < -0.3 is 4.74 Å². The lowest BCUT2D eigenvalue weighted by atomic mass is 10.3. The summed E-state index contributed by atoms with van der Waals surface area (Å²) in [5.41, 5.74) is 0.502. The zero-order valence-corrected chi connectivity index (χ0v) is 15.0. The molecule has 1 aromatic carbocycles. The highest BCUT2D eigenvalue weighted by atomic mass is 32.2. The van der Waals surface area contributed by atoms with E-state index in [1.165, 1.54) is 40.7 Å². The summed E-state index contributed by atoms with van der Waals surface area (Å²) in [7, 11) is 0. The van der Waals surface area contributed by atoms with E-state index in [0.29, 0.717) is 22.4 Å². The smallest absolute Gasteiger partial charge is 0.406 e. The summed E-state index contributed by atoms with van der Waals surface area (Å²) in [5, 5.41) is 23.5. The van der Waals surface area contributed by atoms with E-state index in [1.807, 2.05) is 0 Å². The molecule has 9 nitrogen and oxygen atoms in total. The molecule has 3 rings (SSSR count). The zero-order chi connectivity index (χ0) is 19.3. The molecule has 0 aliphatic heterocycles. The molecule has 0 saturated heterocycles. The molecule has 0 amide bonds. The number of unbranched alkanes of at least 4 members (excludes halogenated alkanes) is 1. The summed E-state index contributed by atoms with van der Waals surface area (Å²) in [6.45, 7) is 2.81. The van der Waals surface area contributed by atoms with Crippen molar-refractivity contribution in [3.63, 3.8) is 0 Å². The van der Waals surface area contributed by atoms with Crippen LogP contribution in [0.1, 0.15) is 25.6 Å². The van der Waals surface area contributed by atoms with Gasteiger partial charge in [0.05, 0.1) is 11.4 Å². The maximum atomic E-state index is 12.2. The molecule has 0 saturated carbocycles. The van der Waals surface area contributed by atoms with Crippen LogP contribution in [0.15, 0.2) is 29.4 Å². The van der Waals surface area contributed by atoms with Gasteiger partial charge in [0, 0.05) is 6.54 Å². The Hall–Kier alpha value is -2.70. The van der Waals surface area contributed by atoms with Crippen molar-refractivity contribution in [2.75, 3.05) is 0 Å². The lowest BCUT2D eigenvalue weighted by Gasteiger charge is -2.09. The molecule has 0 fully saturated rings. The third kappa shape index (κ3) is 5.15. The molecule has 13 heteroatoms. The number of tetrazole rings is 2. The minimum Gasteiger partial charge on any atom is -0.406 e. The summed E-state index contributed by atoms with van der Waals surface area (Å²) in [6.07, 6.45) is -2.75. The number of alkyl halides is 3. The first kappa shape index (κ1) is 19.1. The van der Waals surface area contributed by atoms with E-state index in [-0.39, 0.29) is 5.75 Å². The SMILES string of the molecule is CCCCn1nnnc1CSc1nnnn1-c1ccc(OC(F)(F)F)cc1. The summed E-state index contributed by atoms with van der Waals surface area (Å²) in [6, 6.07) is 5.27. The van der Waals surface area contributed by atoms with Gasteiger partial charge >= 0.3 is 6.36 Å². The van der Waals surface area contributed by atoms with Crippen LogP contribution in [0.3, 0.4) is 0 Å². The molecular weight excluding hydrogens is 385 g/mol. The van der Waals surface area contributed by atoms with Crippen molar-refractivity contribution in [3.05, 3.63) is 30.1 Å². The van der Waals surface area contributed by atoms with E-state index in [2.05, 4.69) is 42.7 Å². The number of aromatic nitrogens is 8. The van der Waals surface area contributed by atoms with Crippen LogP contribution in [0, 0.1) is 0 Å². The predicted octanol–water partition coefficient (Wildman–Crippen LogP) is 2.64. The minimum atomic E-state index is -4.74. The second-order valence-corrected chi connectivity index (χ2v) is 6.32. The van der Waals surface area contributed by atoms with Gasteiger partial charge in [0.1, 0.15) is 5.75 Å². The van der Waals surface area contributed by atoms with Crippen molar-refractivity contribution in [3.8, 4) is 11.4 Å². The maximum absolute atomic E-state index is 12.2. The topological polar surface area (TPSA) is 96.4 Å². The number of halogens is 3. The first-order chi connectivity index (χ1) is 13.0. The lowest BCUT2D eigenvalue weighted by Crippen LogP contribution is -2.17. The van der Waals surface area contributed by atoms with E-state index in [0.717, 1.165) is 19.4 Å². The average molecular weight is 400 g/mol. The van der Waals surface area contributed by atoms with Crippen LogP contribution in [0.4, 0.5) is 13.2 Å². The summed E-state index contributed by atoms with van der Waals surface area (Å²) in [4.78, 5) is 0. The number of aryl methyl sites for hydroxylation is 1. The predicted molar refractivity (Wildman–Crippen MR) is 88.1 cm³/mol. The van der Waals surface area contributed by atoms with Crippen molar-refractivity contribution >= 4 is 11.8 Å². The highest BCUT2D eigenvalue weighted by Crippen LogP contribution is 2.25. The van der Waals surface area contributed by atoms with Gasteiger partial charge in [-0.3, -0.25) is 0 Å². The molecule has 0 radical (unpaired) electrons. The number of hydrogen-bond acceptors (Lipinski definition) is 8. The maximum Gasteiger partial charge on any atom is 0.573 e. The molecule has 2 aromatic heterocycles. The average Bonchev–Trinajstić information content (AvgIpc) is 3.26. The van der Waals surface area contributed by atoms with Crippen LogP contribution in [-0.2, 0) is 12.3 Å². The van der Waals surface area contributed by atoms with Gasteiger partial charge in [0.2, 0.25) is 5.16 Å². The number of benzene rings is 1. The number of nitrogens with zero attached hydrogens (tertiary/aromatic N) is 8. The minimum absolute atomic E-state index is 0.316. The molecule has 0 spiro atoms. The van der Waals surface area contributed by atoms with Crippen LogP contribution in [0.25, 0.3) is 5.69 Å². The number of ether oxygens (including phenoxy) is 1. The Bertz CT molecular complexity index is 864. The Balaban J connectivity index is 1.68. The first-order valence-electron chi connectivity index (χ1n) is 7.98. The standard InChI is InChI=1S/C14H15F3N8OS/c1-2-3-8-24-12(18-20-22-24)9-27-13-19-21-23-25(13)10-4-6-11(7-5-10)26-14(15,16)17/h4-7H,2-3,8-9H2,1H3. The van der Waals surface area contributed by atoms with E-state index >= 15 is 0 Å². The van der Waals surface area contributed by atoms with Crippen molar-refractivity contribution in [1.29, 1.82) is 0 Å². The normalized spacial score (nSPS) is 11.7. The molecule has 0 atom stereocenters. The van der Waals surface area contributed by atoms with E-state index in [4.69, 9.17) is 0 Å². The lowest BCUT2D eigenvalue weighted by molar-refractivity contribution is -0.274. The fourth-order valence-corrected chi connectivity index (χ4v) is 2.98. The Labute approximate surface area is 155 Å². The molecule has 27 heavy (non-hydrogen) atoms. The number of rotatable bonds is 8. The molecule has 3 aromatic rings. The second-order valence-electron chi connectivity index (χ2n) is 5.38. The molecule has 2 heterocycles. The molecule has 0 unspecified atom stereocenters. The quantitative estimate of drug-likeness (QED) is 0.533. The van der Waals surface area contributed by atoms with Crippen molar-refractivity contribution in [2.24, 2.45) is 0 Å². The zero-order valence-electron chi connectivity index (χ0n) is 14.2. The molecule has 144 valence electrons. The van der Waals surface area contributed by atoms with Gasteiger partial charge in [-0.25, -0.2) is 4.68 Å². The van der Waals surface area contributed by atoms with Gasteiger partial charge in [0.25, 0.3) is 0 Å². The molecule has 0 N–H and O–H groups in total. The van der Waals surface area contributed by atoms with Crippen molar-refractivity contribution < 1.29 is 17.9 Å².